The third-order valence-corrected chi connectivity index (χ3v) is 3.74. The van der Waals surface area contributed by atoms with Gasteiger partial charge in [0.15, 0.2) is 0 Å². The van der Waals surface area contributed by atoms with E-state index in [0.717, 1.165) is 4.90 Å². The van der Waals surface area contributed by atoms with Crippen molar-refractivity contribution in [1.82, 2.24) is 10.9 Å². The number of halogens is 1. The first-order chi connectivity index (χ1) is 10.6. The Labute approximate surface area is 132 Å². The molecule has 2 aromatic carbocycles. The zero-order valence-corrected chi connectivity index (χ0v) is 12.5. The predicted molar refractivity (Wildman–Crippen MR) is 83.6 cm³/mol. The number of hydrogen-bond donors (Lipinski definition) is 2. The molecule has 0 spiro atoms. The molecule has 114 valence electrons. The first-order valence-corrected chi connectivity index (χ1v) is 7.62. The quantitative estimate of drug-likeness (QED) is 0.657. The summed E-state index contributed by atoms with van der Waals surface area (Å²) in [4.78, 5) is 24.3. The molecule has 4 nitrogen and oxygen atoms in total. The predicted octanol–water partition coefficient (Wildman–Crippen LogP) is 2.31. The van der Waals surface area contributed by atoms with Crippen LogP contribution in [0.3, 0.4) is 0 Å². The van der Waals surface area contributed by atoms with Crippen molar-refractivity contribution in [3.63, 3.8) is 0 Å². The van der Waals surface area contributed by atoms with E-state index in [2.05, 4.69) is 10.9 Å². The van der Waals surface area contributed by atoms with E-state index >= 15 is 0 Å². The van der Waals surface area contributed by atoms with E-state index < -0.39 is 0 Å². The van der Waals surface area contributed by atoms with Crippen molar-refractivity contribution in [3.8, 4) is 0 Å². The molecule has 0 aliphatic rings. The van der Waals surface area contributed by atoms with Crippen LogP contribution in [0.15, 0.2) is 59.5 Å². The Balaban J connectivity index is 1.69. The summed E-state index contributed by atoms with van der Waals surface area (Å²) >= 11 is 1.38. The van der Waals surface area contributed by atoms with E-state index in [1.807, 2.05) is 30.3 Å². The highest BCUT2D eigenvalue weighted by Gasteiger charge is 2.06. The average Bonchev–Trinajstić information content (AvgIpc) is 2.54. The normalized spacial score (nSPS) is 10.0. The number of thioether (sulfide) groups is 1. The van der Waals surface area contributed by atoms with Gasteiger partial charge >= 0.3 is 0 Å². The van der Waals surface area contributed by atoms with Crippen molar-refractivity contribution in [3.05, 3.63) is 66.0 Å². The van der Waals surface area contributed by atoms with Gasteiger partial charge in [0.1, 0.15) is 5.82 Å². The van der Waals surface area contributed by atoms with Gasteiger partial charge in [-0.25, -0.2) is 4.39 Å². The molecule has 0 aliphatic heterocycles. The Morgan fingerprint density at radius 2 is 1.55 bits per heavy atom. The SMILES string of the molecule is O=C(CSc1ccccc1)NNC(=O)Cc1ccc(F)cc1. The molecule has 0 heterocycles. The molecule has 0 atom stereocenters. The molecule has 0 saturated heterocycles. The minimum Gasteiger partial charge on any atom is -0.273 e. The second-order valence-corrected chi connectivity index (χ2v) is 5.55. The average molecular weight is 318 g/mol. The maximum Gasteiger partial charge on any atom is 0.248 e. The molecule has 2 N–H and O–H groups in total. The van der Waals surface area contributed by atoms with E-state index in [4.69, 9.17) is 0 Å². The molecule has 0 radical (unpaired) electrons. The van der Waals surface area contributed by atoms with Crippen LogP contribution in [-0.2, 0) is 16.0 Å². The summed E-state index contributed by atoms with van der Waals surface area (Å²) in [7, 11) is 0. The Morgan fingerprint density at radius 3 is 2.23 bits per heavy atom. The zero-order chi connectivity index (χ0) is 15.8. The third-order valence-electron chi connectivity index (χ3n) is 2.73. The summed E-state index contributed by atoms with van der Waals surface area (Å²) in [5.41, 5.74) is 5.36. The molecular formula is C16H15FN2O2S. The van der Waals surface area contributed by atoms with Gasteiger partial charge in [-0.05, 0) is 29.8 Å². The van der Waals surface area contributed by atoms with Crippen LogP contribution in [0, 0.1) is 5.82 Å². The molecule has 0 saturated carbocycles. The number of benzene rings is 2. The molecule has 0 aliphatic carbocycles. The van der Waals surface area contributed by atoms with Crippen molar-refractivity contribution in [2.24, 2.45) is 0 Å². The van der Waals surface area contributed by atoms with Crippen LogP contribution >= 0.6 is 11.8 Å². The van der Waals surface area contributed by atoms with E-state index in [-0.39, 0.29) is 29.8 Å². The van der Waals surface area contributed by atoms with E-state index in [0.29, 0.717) is 5.56 Å². The van der Waals surface area contributed by atoms with Crippen molar-refractivity contribution in [2.45, 2.75) is 11.3 Å². The van der Waals surface area contributed by atoms with Crippen molar-refractivity contribution in [2.75, 3.05) is 5.75 Å². The first-order valence-electron chi connectivity index (χ1n) is 6.63. The minimum absolute atomic E-state index is 0.0758. The van der Waals surface area contributed by atoms with Crippen LogP contribution in [-0.4, -0.2) is 17.6 Å². The Kier molecular flexibility index (Phi) is 5.97. The Bertz CT molecular complexity index is 632. The van der Waals surface area contributed by atoms with Crippen molar-refractivity contribution < 1.29 is 14.0 Å². The third kappa shape index (κ3) is 5.57. The zero-order valence-electron chi connectivity index (χ0n) is 11.7. The molecule has 0 unspecified atom stereocenters. The molecule has 0 aromatic heterocycles. The smallest absolute Gasteiger partial charge is 0.248 e. The summed E-state index contributed by atoms with van der Waals surface area (Å²) in [5.74, 6) is -0.790. The molecule has 22 heavy (non-hydrogen) atoms. The highest BCUT2D eigenvalue weighted by molar-refractivity contribution is 8.00. The van der Waals surface area contributed by atoms with Gasteiger partial charge in [0, 0.05) is 4.90 Å². The first kappa shape index (κ1) is 16.0. The molecule has 2 rings (SSSR count). The Morgan fingerprint density at radius 1 is 0.909 bits per heavy atom. The molecular weight excluding hydrogens is 303 g/mol. The largest absolute Gasteiger partial charge is 0.273 e. The maximum atomic E-state index is 12.7. The number of nitrogens with one attached hydrogen (secondary N) is 2. The van der Waals surface area contributed by atoms with E-state index in [1.165, 1.54) is 36.0 Å². The van der Waals surface area contributed by atoms with Gasteiger partial charge in [-0.1, -0.05) is 30.3 Å². The fraction of sp³-hybridized carbons (Fsp3) is 0.125. The molecule has 0 bridgehead atoms. The van der Waals surface area contributed by atoms with Gasteiger partial charge < -0.3 is 0 Å². The van der Waals surface area contributed by atoms with Gasteiger partial charge in [0.25, 0.3) is 0 Å². The number of carbonyl (C=O) groups is 2. The van der Waals surface area contributed by atoms with Crippen LogP contribution in [0.4, 0.5) is 4.39 Å². The second-order valence-electron chi connectivity index (χ2n) is 4.50. The minimum atomic E-state index is -0.357. The molecule has 2 aromatic rings. The van der Waals surface area contributed by atoms with Crippen LogP contribution in [0.5, 0.6) is 0 Å². The van der Waals surface area contributed by atoms with Crippen LogP contribution in [0.2, 0.25) is 0 Å². The van der Waals surface area contributed by atoms with Crippen LogP contribution < -0.4 is 10.9 Å². The molecule has 2 amide bonds. The van der Waals surface area contributed by atoms with Gasteiger partial charge in [-0.3, -0.25) is 20.4 Å². The van der Waals surface area contributed by atoms with Crippen molar-refractivity contribution >= 4 is 23.6 Å². The monoisotopic (exact) mass is 318 g/mol. The lowest BCUT2D eigenvalue weighted by atomic mass is 10.1. The number of amides is 2. The number of carbonyl (C=O) groups excluding carboxylic acids is 2. The lowest BCUT2D eigenvalue weighted by Crippen LogP contribution is -2.43. The summed E-state index contributed by atoms with van der Waals surface area (Å²) in [6.45, 7) is 0. The number of hydrogen-bond acceptors (Lipinski definition) is 3. The summed E-state index contributed by atoms with van der Waals surface area (Å²) in [6, 6.07) is 15.1. The maximum absolute atomic E-state index is 12.7. The standard InChI is InChI=1S/C16H15FN2O2S/c17-13-8-6-12(7-9-13)10-15(20)18-19-16(21)11-22-14-4-2-1-3-5-14/h1-9H,10-11H2,(H,18,20)(H,19,21). The lowest BCUT2D eigenvalue weighted by molar-refractivity contribution is -0.127. The van der Waals surface area contributed by atoms with Crippen molar-refractivity contribution in [1.29, 1.82) is 0 Å². The van der Waals surface area contributed by atoms with Crippen LogP contribution in [0.25, 0.3) is 0 Å². The molecule has 6 heteroatoms. The highest BCUT2D eigenvalue weighted by atomic mass is 32.2. The molecule has 0 fully saturated rings. The lowest BCUT2D eigenvalue weighted by Gasteiger charge is -2.07. The van der Waals surface area contributed by atoms with Gasteiger partial charge in [0.2, 0.25) is 11.8 Å². The van der Waals surface area contributed by atoms with Gasteiger partial charge in [0.05, 0.1) is 12.2 Å². The highest BCUT2D eigenvalue weighted by Crippen LogP contribution is 2.15. The Hall–Kier alpha value is -2.34. The van der Waals surface area contributed by atoms with Crippen LogP contribution in [0.1, 0.15) is 5.56 Å². The second kappa shape index (κ2) is 8.19. The number of rotatable bonds is 5. The van der Waals surface area contributed by atoms with Gasteiger partial charge in [-0.2, -0.15) is 0 Å². The summed E-state index contributed by atoms with van der Waals surface area (Å²) in [6.07, 6.45) is 0.0758. The van der Waals surface area contributed by atoms with E-state index in [1.54, 1.807) is 0 Å². The summed E-state index contributed by atoms with van der Waals surface area (Å²) in [5, 5.41) is 0. The summed E-state index contributed by atoms with van der Waals surface area (Å²) < 4.78 is 12.7. The van der Waals surface area contributed by atoms with E-state index in [9.17, 15) is 14.0 Å². The topological polar surface area (TPSA) is 58.2 Å². The fourth-order valence-electron chi connectivity index (χ4n) is 1.67. The van der Waals surface area contributed by atoms with Gasteiger partial charge in [-0.15, -0.1) is 11.8 Å². The number of hydrazine groups is 1. The fourth-order valence-corrected chi connectivity index (χ4v) is 2.39.